The van der Waals surface area contributed by atoms with Gasteiger partial charge >= 0.3 is 12.1 Å². The monoisotopic (exact) mass is 461 g/mol. The zero-order valence-electron chi connectivity index (χ0n) is 21.5. The Labute approximate surface area is 201 Å². The highest BCUT2D eigenvalue weighted by molar-refractivity contribution is 5.75. The van der Waals surface area contributed by atoms with Gasteiger partial charge in [-0.2, -0.15) is 0 Å². The highest BCUT2D eigenvalue weighted by Gasteiger charge is 2.51. The summed E-state index contributed by atoms with van der Waals surface area (Å²) in [6, 6.07) is 0.128. The molecule has 7 heteroatoms. The van der Waals surface area contributed by atoms with Gasteiger partial charge in [-0.1, -0.05) is 52.2 Å². The number of nitrogens with one attached hydrogen (secondary N) is 2. The normalized spacial score (nSPS) is 24.0. The van der Waals surface area contributed by atoms with Crippen LogP contribution in [-0.2, 0) is 0 Å². The lowest BCUT2D eigenvalue weighted by atomic mass is 9.49. The summed E-state index contributed by atoms with van der Waals surface area (Å²) < 4.78 is 0. The summed E-state index contributed by atoms with van der Waals surface area (Å²) in [4.78, 5) is 31.7. The van der Waals surface area contributed by atoms with Crippen molar-refractivity contribution in [2.24, 2.45) is 17.3 Å². The van der Waals surface area contributed by atoms with Gasteiger partial charge in [0.15, 0.2) is 0 Å². The van der Waals surface area contributed by atoms with Gasteiger partial charge in [-0.25, -0.2) is 9.59 Å². The van der Waals surface area contributed by atoms with E-state index in [0.29, 0.717) is 11.3 Å². The van der Waals surface area contributed by atoms with Gasteiger partial charge in [0.1, 0.15) is 0 Å². The van der Waals surface area contributed by atoms with Crippen molar-refractivity contribution in [2.75, 3.05) is 58.9 Å². The van der Waals surface area contributed by atoms with Crippen LogP contribution in [0.25, 0.3) is 0 Å². The first kappa shape index (κ1) is 25.9. The van der Waals surface area contributed by atoms with Gasteiger partial charge in [0.2, 0.25) is 0 Å². The van der Waals surface area contributed by atoms with E-state index in [2.05, 4.69) is 49.3 Å². The van der Waals surface area contributed by atoms with E-state index in [0.717, 1.165) is 96.9 Å². The summed E-state index contributed by atoms with van der Waals surface area (Å²) in [5.41, 5.74) is 1.84. The van der Waals surface area contributed by atoms with Crippen LogP contribution < -0.4 is 10.6 Å². The number of carbonyl (C=O) groups is 2. The first-order chi connectivity index (χ1) is 15.9. The number of fused-ring (bicyclic) bond motifs is 1. The molecule has 2 fully saturated rings. The van der Waals surface area contributed by atoms with Crippen LogP contribution in [0.2, 0.25) is 0 Å². The molecule has 3 aliphatic carbocycles. The van der Waals surface area contributed by atoms with Crippen molar-refractivity contribution in [3.63, 3.8) is 0 Å². The number of carbonyl (C=O) groups excluding carboxylic acids is 2. The van der Waals surface area contributed by atoms with Crippen molar-refractivity contribution in [1.29, 1.82) is 0 Å². The number of nitrogens with zero attached hydrogens (tertiary/aromatic N) is 3. The number of hydrogen-bond acceptors (Lipinski definition) is 3. The molecule has 33 heavy (non-hydrogen) atoms. The van der Waals surface area contributed by atoms with Crippen LogP contribution in [0.4, 0.5) is 9.59 Å². The molecule has 1 aliphatic heterocycles. The van der Waals surface area contributed by atoms with Gasteiger partial charge in [-0.3, -0.25) is 4.90 Å². The van der Waals surface area contributed by atoms with Crippen LogP contribution in [0, 0.1) is 17.3 Å². The van der Waals surface area contributed by atoms with Crippen LogP contribution in [-0.4, -0.2) is 85.7 Å². The molecular weight excluding hydrogens is 414 g/mol. The molecule has 1 saturated heterocycles. The standard InChI is InChI=1S/C26H47N5O2/c1-5-7-11-27-24(32)30-16-13-29(14-17-30)15-18-31(25(33)28-12-8-6-2)20-21-9-10-22-19-23(21)26(22,3)4/h9,22-23H,5-8,10-20H2,1-4H3,(H,27,32)(H,28,33). The molecule has 0 aromatic rings. The Bertz CT molecular complexity index is 684. The summed E-state index contributed by atoms with van der Waals surface area (Å²) in [6.45, 7) is 16.1. The van der Waals surface area contributed by atoms with Gasteiger partial charge in [0.05, 0.1) is 0 Å². The Morgan fingerprint density at radius 2 is 1.73 bits per heavy atom. The van der Waals surface area contributed by atoms with E-state index in [4.69, 9.17) is 0 Å². The molecule has 188 valence electrons. The smallest absolute Gasteiger partial charge is 0.317 e. The largest absolute Gasteiger partial charge is 0.338 e. The molecule has 2 N–H and O–H groups in total. The Hall–Kier alpha value is -1.76. The second-order valence-corrected chi connectivity index (χ2v) is 10.7. The minimum atomic E-state index is 0.0608. The topological polar surface area (TPSA) is 67.9 Å². The van der Waals surface area contributed by atoms with Crippen molar-refractivity contribution in [1.82, 2.24) is 25.3 Å². The maximum Gasteiger partial charge on any atom is 0.317 e. The highest BCUT2D eigenvalue weighted by Crippen LogP contribution is 2.59. The van der Waals surface area contributed by atoms with Crippen molar-refractivity contribution in [3.8, 4) is 0 Å². The van der Waals surface area contributed by atoms with Gasteiger partial charge in [-0.15, -0.1) is 0 Å². The first-order valence-corrected chi connectivity index (χ1v) is 13.3. The van der Waals surface area contributed by atoms with Crippen LogP contribution in [0.15, 0.2) is 11.6 Å². The van der Waals surface area contributed by atoms with Crippen LogP contribution in [0.3, 0.4) is 0 Å². The zero-order chi connectivity index (χ0) is 23.8. The summed E-state index contributed by atoms with van der Waals surface area (Å²) >= 11 is 0. The number of unbranched alkanes of at least 4 members (excludes halogenated alkanes) is 2. The molecule has 2 unspecified atom stereocenters. The van der Waals surface area contributed by atoms with E-state index in [1.54, 1.807) is 0 Å². The predicted octanol–water partition coefficient (Wildman–Crippen LogP) is 3.92. The third-order valence-corrected chi connectivity index (χ3v) is 8.20. The molecule has 4 rings (SSSR count). The lowest BCUT2D eigenvalue weighted by Gasteiger charge is -2.57. The average molecular weight is 462 g/mol. The second-order valence-electron chi connectivity index (χ2n) is 10.7. The molecule has 0 aromatic carbocycles. The molecule has 4 aliphatic rings. The van der Waals surface area contributed by atoms with Gasteiger partial charge in [0.25, 0.3) is 0 Å². The lowest BCUT2D eigenvalue weighted by molar-refractivity contribution is -0.00983. The van der Waals surface area contributed by atoms with Gasteiger partial charge in [0, 0.05) is 58.9 Å². The van der Waals surface area contributed by atoms with Gasteiger partial charge in [-0.05, 0) is 42.9 Å². The van der Waals surface area contributed by atoms with Crippen molar-refractivity contribution in [2.45, 2.75) is 66.2 Å². The summed E-state index contributed by atoms with van der Waals surface area (Å²) in [6.07, 6.45) is 9.07. The molecule has 0 spiro atoms. The molecule has 0 aromatic heterocycles. The lowest BCUT2D eigenvalue weighted by Crippen LogP contribution is -2.54. The van der Waals surface area contributed by atoms with E-state index in [1.165, 1.54) is 12.0 Å². The number of rotatable bonds is 11. The second kappa shape index (κ2) is 12.1. The number of amides is 4. The third-order valence-electron chi connectivity index (χ3n) is 8.20. The molecule has 2 atom stereocenters. The maximum absolute atomic E-state index is 13.0. The van der Waals surface area contributed by atoms with Crippen LogP contribution in [0.1, 0.15) is 66.2 Å². The SMILES string of the molecule is CCCCNC(=O)N1CCN(CCN(CC2=CCC3CC2C3(C)C)C(=O)NCCCC)CC1. The molecule has 1 saturated carbocycles. The molecular formula is C26H47N5O2. The van der Waals surface area contributed by atoms with Crippen molar-refractivity contribution >= 4 is 12.1 Å². The molecule has 1 heterocycles. The number of urea groups is 2. The number of piperazine rings is 1. The zero-order valence-corrected chi connectivity index (χ0v) is 21.5. The predicted molar refractivity (Wildman–Crippen MR) is 134 cm³/mol. The van der Waals surface area contributed by atoms with Gasteiger partial charge < -0.3 is 20.4 Å². The summed E-state index contributed by atoms with van der Waals surface area (Å²) in [5, 5.41) is 6.15. The fraction of sp³-hybridized carbons (Fsp3) is 0.846. The summed E-state index contributed by atoms with van der Waals surface area (Å²) in [7, 11) is 0. The van der Waals surface area contributed by atoms with E-state index in [1.807, 2.05) is 9.80 Å². The number of allylic oxidation sites excluding steroid dienone is 1. The van der Waals surface area contributed by atoms with E-state index in [-0.39, 0.29) is 12.1 Å². The maximum atomic E-state index is 13.0. The summed E-state index contributed by atoms with van der Waals surface area (Å²) in [5.74, 6) is 1.44. The van der Waals surface area contributed by atoms with Crippen molar-refractivity contribution in [3.05, 3.63) is 11.6 Å². The molecule has 4 amide bonds. The van der Waals surface area contributed by atoms with E-state index < -0.39 is 0 Å². The number of hydrogen-bond donors (Lipinski definition) is 2. The minimum Gasteiger partial charge on any atom is -0.338 e. The fourth-order valence-electron chi connectivity index (χ4n) is 5.53. The van der Waals surface area contributed by atoms with E-state index >= 15 is 0 Å². The Balaban J connectivity index is 1.49. The first-order valence-electron chi connectivity index (χ1n) is 13.3. The average Bonchev–Trinajstić information content (AvgIpc) is 2.82. The highest BCUT2D eigenvalue weighted by atomic mass is 16.2. The molecule has 7 nitrogen and oxygen atoms in total. The quantitative estimate of drug-likeness (QED) is 0.362. The van der Waals surface area contributed by atoms with Crippen LogP contribution >= 0.6 is 0 Å². The molecule has 0 radical (unpaired) electrons. The molecule has 2 bridgehead atoms. The third kappa shape index (κ3) is 6.65. The van der Waals surface area contributed by atoms with Crippen molar-refractivity contribution < 1.29 is 9.59 Å². The fourth-order valence-corrected chi connectivity index (χ4v) is 5.53. The van der Waals surface area contributed by atoms with Crippen LogP contribution in [0.5, 0.6) is 0 Å². The Morgan fingerprint density at radius 3 is 2.33 bits per heavy atom. The van der Waals surface area contributed by atoms with E-state index in [9.17, 15) is 9.59 Å². The Kier molecular flexibility index (Phi) is 9.47. The Morgan fingerprint density at radius 1 is 1.06 bits per heavy atom. The minimum absolute atomic E-state index is 0.0608.